The van der Waals surface area contributed by atoms with Gasteiger partial charge in [0.25, 0.3) is 0 Å². The van der Waals surface area contributed by atoms with Gasteiger partial charge in [-0.2, -0.15) is 15.3 Å². The predicted octanol–water partition coefficient (Wildman–Crippen LogP) is 1.64. The van der Waals surface area contributed by atoms with Crippen LogP contribution in [0.2, 0.25) is 0 Å². The first-order chi connectivity index (χ1) is 21.4. The Morgan fingerprint density at radius 3 is 1.67 bits per heavy atom. The van der Waals surface area contributed by atoms with Crippen molar-refractivity contribution in [3.63, 3.8) is 0 Å². The molecule has 0 fully saturated rings. The number of thiol groups is 1. The molecule has 0 aliphatic carbocycles. The summed E-state index contributed by atoms with van der Waals surface area (Å²) in [6.07, 6.45) is 0.552. The van der Waals surface area contributed by atoms with E-state index in [9.17, 15) is 0 Å². The number of amidine groups is 2. The van der Waals surface area contributed by atoms with Crippen molar-refractivity contribution in [3.8, 4) is 0 Å². The fourth-order valence-electron chi connectivity index (χ4n) is 4.46. The molecule has 4 aromatic carbocycles. The zero-order valence-corrected chi connectivity index (χ0v) is 31.1. The number of nitrogens with one attached hydrogen (secondary N) is 2. The molecule has 243 valence electrons. The van der Waals surface area contributed by atoms with Crippen LogP contribution in [0.5, 0.6) is 0 Å². The topological polar surface area (TPSA) is 82.7 Å². The van der Waals surface area contributed by atoms with Crippen LogP contribution in [0.25, 0.3) is 0 Å². The Morgan fingerprint density at radius 2 is 1.20 bits per heavy atom. The summed E-state index contributed by atoms with van der Waals surface area (Å²) in [6, 6.07) is 39.4. The van der Waals surface area contributed by atoms with E-state index in [0.29, 0.717) is 30.9 Å². The Balaban J connectivity index is 0.00000368. The molecule has 2 N–H and O–H groups in total. The van der Waals surface area contributed by atoms with Crippen molar-refractivity contribution in [1.29, 1.82) is 0 Å². The number of hydrogen-bond acceptors (Lipinski definition) is 8. The van der Waals surface area contributed by atoms with Crippen molar-refractivity contribution < 1.29 is 38.8 Å². The average Bonchev–Trinajstić information content (AvgIpc) is 3.07. The van der Waals surface area contributed by atoms with Gasteiger partial charge in [-0.3, -0.25) is 0 Å². The zero-order valence-electron chi connectivity index (χ0n) is 25.2. The molecule has 0 atom stereocenters. The van der Waals surface area contributed by atoms with E-state index >= 15 is 0 Å². The Labute approximate surface area is 309 Å². The number of nitrogens with zero attached hydrogens (tertiary/aromatic N) is 4. The van der Waals surface area contributed by atoms with Crippen molar-refractivity contribution in [2.24, 2.45) is 20.4 Å². The number of halogens is 1. The van der Waals surface area contributed by atoms with Crippen LogP contribution in [0.3, 0.4) is 0 Å². The smallest absolute Gasteiger partial charge is 1.00 e. The fourth-order valence-corrected chi connectivity index (χ4v) is 8.58. The van der Waals surface area contributed by atoms with E-state index in [2.05, 4.69) is 116 Å². The second-order valence-electron chi connectivity index (χ2n) is 9.52. The molecular weight excluding hydrogens is 767 g/mol. The minimum absolute atomic E-state index is 0. The Bertz CT molecular complexity index is 1520. The fraction of sp³-hybridized carbons (Fsp3) is 0.152. The Kier molecular flexibility index (Phi) is 17.7. The SMILES string of the molecule is CNC([S-])=NN=C(C(C)=NN=C([S-])NCCOC[P+](c1ccccc1)(c1ccccc1)c1ccccc1)c1ccc(S)cc1.[Br-].[Cu+2]. The largest absolute Gasteiger partial charge is 2.00 e. The molecule has 0 saturated heterocycles. The second-order valence-corrected chi connectivity index (χ2v) is 14.2. The first-order valence-corrected chi connectivity index (χ1v) is 17.1. The van der Waals surface area contributed by atoms with Crippen LogP contribution in [0.15, 0.2) is 141 Å². The molecule has 0 aliphatic heterocycles. The van der Waals surface area contributed by atoms with Gasteiger partial charge in [0.15, 0.2) is 6.35 Å². The monoisotopic (exact) mass is 799 g/mol. The van der Waals surface area contributed by atoms with E-state index in [-0.39, 0.29) is 44.4 Å². The van der Waals surface area contributed by atoms with E-state index in [1.54, 1.807) is 14.0 Å². The van der Waals surface area contributed by atoms with Gasteiger partial charge in [-0.1, -0.05) is 66.7 Å². The molecule has 0 unspecified atom stereocenters. The summed E-state index contributed by atoms with van der Waals surface area (Å²) < 4.78 is 6.40. The molecule has 7 nitrogen and oxygen atoms in total. The van der Waals surface area contributed by atoms with Crippen LogP contribution < -0.4 is 43.5 Å². The van der Waals surface area contributed by atoms with Gasteiger partial charge in [-0.05, 0) is 65.8 Å². The Morgan fingerprint density at radius 1 is 0.717 bits per heavy atom. The number of rotatable bonds is 12. The maximum absolute atomic E-state index is 6.40. The first kappa shape index (κ1) is 39.5. The maximum atomic E-state index is 6.40. The predicted molar refractivity (Wildman–Crippen MR) is 196 cm³/mol. The quantitative estimate of drug-likeness (QED) is 0.0297. The van der Waals surface area contributed by atoms with E-state index in [1.165, 1.54) is 15.9 Å². The summed E-state index contributed by atoms with van der Waals surface area (Å²) in [5.74, 6) is 0. The zero-order chi connectivity index (χ0) is 31.2. The standard InChI is InChI=1S/C33H35N6OPS3.BrH.Cu/c1-25(31(37-38-32(43)34-2)26-18-20-30(42)21-19-26)36-39-33(44)35-22-23-40-24-41(27-12-6-3-7-13-27,28-14-8-4-9-15-28)29-16-10-5-11-17-29;;/h3-21H,22-24H2,1-2H3,(H4-,34,35,36,37,38,39,42,43,44);1H;/q;;+2/p-2. The first-order valence-electron chi connectivity index (χ1n) is 13.9. The van der Waals surface area contributed by atoms with Gasteiger partial charge in [0, 0.05) is 24.1 Å². The molecule has 0 spiro atoms. The third-order valence-electron chi connectivity index (χ3n) is 6.63. The van der Waals surface area contributed by atoms with Crippen LogP contribution in [0, 0.1) is 0 Å². The van der Waals surface area contributed by atoms with Crippen molar-refractivity contribution in [3.05, 3.63) is 121 Å². The van der Waals surface area contributed by atoms with Gasteiger partial charge < -0.3 is 57.6 Å². The van der Waals surface area contributed by atoms with Crippen molar-refractivity contribution in [2.45, 2.75) is 11.8 Å². The second kappa shape index (κ2) is 20.5. The van der Waals surface area contributed by atoms with Gasteiger partial charge in [0.2, 0.25) is 0 Å². The Hall–Kier alpha value is -2.66. The van der Waals surface area contributed by atoms with Crippen LogP contribution >= 0.6 is 19.9 Å². The normalized spacial score (nSPS) is 12.5. The molecule has 46 heavy (non-hydrogen) atoms. The van der Waals surface area contributed by atoms with Crippen LogP contribution in [0.4, 0.5) is 0 Å². The minimum Gasteiger partial charge on any atom is -1.00 e. The summed E-state index contributed by atoms with van der Waals surface area (Å²) in [4.78, 5) is 0.832. The summed E-state index contributed by atoms with van der Waals surface area (Å²) >= 11 is 14.9. The van der Waals surface area contributed by atoms with Gasteiger partial charge in [0.1, 0.15) is 28.9 Å². The van der Waals surface area contributed by atoms with Crippen molar-refractivity contribution >= 4 is 82.8 Å². The number of hydrogen-bond donors (Lipinski definition) is 3. The average molecular weight is 801 g/mol. The minimum atomic E-state index is -2.07. The van der Waals surface area contributed by atoms with Gasteiger partial charge in [-0.25, -0.2) is 0 Å². The molecular formula is C33H34BrCuN6OPS3. The van der Waals surface area contributed by atoms with Crippen LogP contribution in [-0.4, -0.2) is 48.3 Å². The molecule has 0 heterocycles. The molecule has 1 radical (unpaired) electrons. The summed E-state index contributed by atoms with van der Waals surface area (Å²) in [7, 11) is -0.383. The van der Waals surface area contributed by atoms with Crippen LogP contribution in [0.1, 0.15) is 12.5 Å². The van der Waals surface area contributed by atoms with Crippen molar-refractivity contribution in [1.82, 2.24) is 10.6 Å². The van der Waals surface area contributed by atoms with Crippen molar-refractivity contribution in [2.75, 3.05) is 26.5 Å². The van der Waals surface area contributed by atoms with E-state index < -0.39 is 7.26 Å². The molecule has 0 amide bonds. The summed E-state index contributed by atoms with van der Waals surface area (Å²) in [6.45, 7) is 2.71. The molecule has 0 aliphatic rings. The summed E-state index contributed by atoms with van der Waals surface area (Å²) in [5, 5.41) is 27.1. The van der Waals surface area contributed by atoms with Gasteiger partial charge >= 0.3 is 17.1 Å². The third-order valence-corrected chi connectivity index (χ3v) is 11.5. The van der Waals surface area contributed by atoms with E-state index in [0.717, 1.165) is 10.5 Å². The van der Waals surface area contributed by atoms with E-state index in [4.69, 9.17) is 30.0 Å². The molecule has 4 rings (SSSR count). The molecule has 0 saturated carbocycles. The molecule has 0 bridgehead atoms. The number of ether oxygens (including phenoxy) is 1. The van der Waals surface area contributed by atoms with Gasteiger partial charge in [-0.15, -0.1) is 17.7 Å². The van der Waals surface area contributed by atoms with E-state index in [1.807, 2.05) is 42.5 Å². The molecule has 4 aromatic rings. The maximum Gasteiger partial charge on any atom is 2.00 e. The van der Waals surface area contributed by atoms with Gasteiger partial charge in [0.05, 0.1) is 12.3 Å². The molecule has 0 aromatic heterocycles. The number of benzene rings is 4. The summed E-state index contributed by atoms with van der Waals surface area (Å²) in [5.41, 5.74) is 1.85. The third kappa shape index (κ3) is 11.0. The molecule has 13 heteroatoms. The van der Waals surface area contributed by atoms with Crippen LogP contribution in [-0.2, 0) is 47.1 Å².